The molecule has 0 radical (unpaired) electrons. The van der Waals surface area contributed by atoms with Crippen LogP contribution < -0.4 is 4.90 Å². The van der Waals surface area contributed by atoms with Gasteiger partial charge in [0, 0.05) is 17.3 Å². The third kappa shape index (κ3) is 2.36. The van der Waals surface area contributed by atoms with Gasteiger partial charge >= 0.3 is 6.09 Å². The number of amides is 1. The van der Waals surface area contributed by atoms with Crippen LogP contribution >= 0.6 is 15.9 Å². The topological polar surface area (TPSA) is 38.8 Å². The normalized spacial score (nSPS) is 20.0. The van der Waals surface area contributed by atoms with Crippen molar-refractivity contribution in [3.63, 3.8) is 0 Å². The predicted octanol–water partition coefficient (Wildman–Crippen LogP) is 2.42. The van der Waals surface area contributed by atoms with Crippen LogP contribution in [0, 0.1) is 0 Å². The Labute approximate surface area is 102 Å². The summed E-state index contributed by atoms with van der Waals surface area (Å²) >= 11 is 3.35. The van der Waals surface area contributed by atoms with Crippen molar-refractivity contribution >= 4 is 27.7 Å². The first kappa shape index (κ1) is 11.4. The van der Waals surface area contributed by atoms with Crippen LogP contribution in [0.4, 0.5) is 10.5 Å². The maximum Gasteiger partial charge on any atom is 0.414 e. The van der Waals surface area contributed by atoms with Crippen LogP contribution in [0.5, 0.6) is 0 Å². The molecule has 86 valence electrons. The first-order chi connectivity index (χ1) is 7.70. The van der Waals surface area contributed by atoms with Gasteiger partial charge in [0.25, 0.3) is 0 Å². The lowest BCUT2D eigenvalue weighted by Crippen LogP contribution is -2.25. The van der Waals surface area contributed by atoms with Crippen molar-refractivity contribution in [2.45, 2.75) is 6.10 Å². The second kappa shape index (κ2) is 4.84. The van der Waals surface area contributed by atoms with Gasteiger partial charge in [0.1, 0.15) is 6.10 Å². The Kier molecular flexibility index (Phi) is 3.46. The van der Waals surface area contributed by atoms with Gasteiger partial charge in [-0.1, -0.05) is 15.9 Å². The lowest BCUT2D eigenvalue weighted by molar-refractivity contribution is 0.0718. The molecule has 0 saturated carbocycles. The van der Waals surface area contributed by atoms with Crippen molar-refractivity contribution < 1.29 is 14.3 Å². The molecular formula is C11H12BrNO3. The minimum absolute atomic E-state index is 0.179. The fourth-order valence-corrected chi connectivity index (χ4v) is 1.89. The zero-order chi connectivity index (χ0) is 11.5. The summed E-state index contributed by atoms with van der Waals surface area (Å²) in [6, 6.07) is 7.54. The summed E-state index contributed by atoms with van der Waals surface area (Å²) in [7, 11) is 1.59. The number of carbonyl (C=O) groups excluding carboxylic acids is 1. The molecule has 1 fully saturated rings. The van der Waals surface area contributed by atoms with Gasteiger partial charge in [-0.2, -0.15) is 0 Å². The number of cyclic esters (lactones) is 1. The average molecular weight is 286 g/mol. The third-order valence-electron chi connectivity index (χ3n) is 2.36. The lowest BCUT2D eigenvalue weighted by Gasteiger charge is -2.12. The molecule has 1 heterocycles. The minimum atomic E-state index is -0.315. The summed E-state index contributed by atoms with van der Waals surface area (Å²) in [4.78, 5) is 13.2. The number of rotatable bonds is 3. The van der Waals surface area contributed by atoms with Crippen LogP contribution in [0.3, 0.4) is 0 Å². The molecule has 0 aromatic heterocycles. The number of carbonyl (C=O) groups is 1. The van der Waals surface area contributed by atoms with Crippen LogP contribution in [0.15, 0.2) is 28.7 Å². The molecule has 1 amide bonds. The van der Waals surface area contributed by atoms with E-state index in [1.807, 2.05) is 24.3 Å². The van der Waals surface area contributed by atoms with E-state index in [2.05, 4.69) is 15.9 Å². The van der Waals surface area contributed by atoms with E-state index in [9.17, 15) is 4.79 Å². The molecule has 2 rings (SSSR count). The van der Waals surface area contributed by atoms with Gasteiger partial charge in [0.2, 0.25) is 0 Å². The molecule has 1 atom stereocenters. The fourth-order valence-electron chi connectivity index (χ4n) is 1.63. The van der Waals surface area contributed by atoms with E-state index < -0.39 is 0 Å². The van der Waals surface area contributed by atoms with Gasteiger partial charge in [0.05, 0.1) is 13.2 Å². The first-order valence-electron chi connectivity index (χ1n) is 4.93. The van der Waals surface area contributed by atoms with Gasteiger partial charge in [-0.3, -0.25) is 4.90 Å². The number of halogens is 1. The summed E-state index contributed by atoms with van der Waals surface area (Å²) in [5.74, 6) is 0. The Hall–Kier alpha value is -1.07. The number of benzene rings is 1. The van der Waals surface area contributed by atoms with E-state index in [1.54, 1.807) is 12.0 Å². The average Bonchev–Trinajstić information content (AvgIpc) is 2.61. The molecule has 0 aliphatic carbocycles. The lowest BCUT2D eigenvalue weighted by atomic mass is 10.3. The molecule has 1 aromatic carbocycles. The van der Waals surface area contributed by atoms with E-state index >= 15 is 0 Å². The summed E-state index contributed by atoms with van der Waals surface area (Å²) in [6.45, 7) is 0.965. The molecule has 4 nitrogen and oxygen atoms in total. The molecule has 5 heteroatoms. The van der Waals surface area contributed by atoms with Gasteiger partial charge in [0.15, 0.2) is 0 Å². The van der Waals surface area contributed by atoms with E-state index in [1.165, 1.54) is 0 Å². The number of methoxy groups -OCH3 is 1. The summed E-state index contributed by atoms with van der Waals surface area (Å²) < 4.78 is 11.1. The SMILES string of the molecule is COC[C@@H]1CN(c2ccc(Br)cc2)C(=O)O1. The van der Waals surface area contributed by atoms with Gasteiger partial charge in [-0.15, -0.1) is 0 Å². The monoisotopic (exact) mass is 285 g/mol. The molecule has 0 N–H and O–H groups in total. The van der Waals surface area contributed by atoms with Crippen molar-refractivity contribution in [3.05, 3.63) is 28.7 Å². The molecule has 1 aliphatic heterocycles. The zero-order valence-electron chi connectivity index (χ0n) is 8.85. The van der Waals surface area contributed by atoms with Crippen LogP contribution in [-0.2, 0) is 9.47 Å². The standard InChI is InChI=1S/C11H12BrNO3/c1-15-7-10-6-13(11(14)16-10)9-4-2-8(12)3-5-9/h2-5,10H,6-7H2,1H3/t10-/m0/s1. The molecular weight excluding hydrogens is 274 g/mol. The second-order valence-electron chi connectivity index (χ2n) is 3.55. The van der Waals surface area contributed by atoms with E-state index in [-0.39, 0.29) is 12.2 Å². The maximum absolute atomic E-state index is 11.6. The van der Waals surface area contributed by atoms with Crippen molar-refractivity contribution in [1.29, 1.82) is 0 Å². The molecule has 1 aliphatic rings. The molecule has 1 aromatic rings. The highest BCUT2D eigenvalue weighted by atomic mass is 79.9. The summed E-state index contributed by atoms with van der Waals surface area (Å²) in [5, 5.41) is 0. The minimum Gasteiger partial charge on any atom is -0.441 e. The molecule has 0 spiro atoms. The molecule has 16 heavy (non-hydrogen) atoms. The van der Waals surface area contributed by atoms with Gasteiger partial charge in [-0.25, -0.2) is 4.79 Å². The molecule has 0 bridgehead atoms. The van der Waals surface area contributed by atoms with Crippen molar-refractivity contribution in [1.82, 2.24) is 0 Å². The van der Waals surface area contributed by atoms with Gasteiger partial charge < -0.3 is 9.47 Å². The summed E-state index contributed by atoms with van der Waals surface area (Å²) in [6.07, 6.45) is -0.495. The number of anilines is 1. The van der Waals surface area contributed by atoms with Crippen LogP contribution in [0.25, 0.3) is 0 Å². The van der Waals surface area contributed by atoms with E-state index in [0.717, 1.165) is 10.2 Å². The largest absolute Gasteiger partial charge is 0.441 e. The van der Waals surface area contributed by atoms with Crippen molar-refractivity contribution in [2.75, 3.05) is 25.2 Å². The van der Waals surface area contributed by atoms with Gasteiger partial charge in [-0.05, 0) is 24.3 Å². The van der Waals surface area contributed by atoms with Crippen LogP contribution in [0.1, 0.15) is 0 Å². The fraction of sp³-hybridized carbons (Fsp3) is 0.364. The maximum atomic E-state index is 11.6. The quantitative estimate of drug-likeness (QED) is 0.856. The first-order valence-corrected chi connectivity index (χ1v) is 5.72. The molecule has 1 saturated heterocycles. The number of hydrogen-bond donors (Lipinski definition) is 0. The third-order valence-corrected chi connectivity index (χ3v) is 2.89. The van der Waals surface area contributed by atoms with Crippen molar-refractivity contribution in [3.8, 4) is 0 Å². The Balaban J connectivity index is 2.10. The van der Waals surface area contributed by atoms with Crippen LogP contribution in [0.2, 0.25) is 0 Å². The highest BCUT2D eigenvalue weighted by Crippen LogP contribution is 2.23. The Morgan fingerprint density at radius 1 is 1.50 bits per heavy atom. The Morgan fingerprint density at radius 2 is 2.19 bits per heavy atom. The number of nitrogens with zero attached hydrogens (tertiary/aromatic N) is 1. The van der Waals surface area contributed by atoms with E-state index in [4.69, 9.17) is 9.47 Å². The highest BCUT2D eigenvalue weighted by molar-refractivity contribution is 9.10. The Morgan fingerprint density at radius 3 is 2.81 bits per heavy atom. The highest BCUT2D eigenvalue weighted by Gasteiger charge is 2.31. The van der Waals surface area contributed by atoms with E-state index in [0.29, 0.717) is 13.2 Å². The van der Waals surface area contributed by atoms with Crippen LogP contribution in [-0.4, -0.2) is 32.5 Å². The Bertz CT molecular complexity index is 379. The number of ether oxygens (including phenoxy) is 2. The number of hydrogen-bond acceptors (Lipinski definition) is 3. The second-order valence-corrected chi connectivity index (χ2v) is 4.46. The van der Waals surface area contributed by atoms with Crippen molar-refractivity contribution in [2.24, 2.45) is 0 Å². The summed E-state index contributed by atoms with van der Waals surface area (Å²) in [5.41, 5.74) is 0.840. The molecule has 0 unspecified atom stereocenters. The zero-order valence-corrected chi connectivity index (χ0v) is 10.4. The smallest absolute Gasteiger partial charge is 0.414 e. The predicted molar refractivity (Wildman–Crippen MR) is 63.6 cm³/mol.